The van der Waals surface area contributed by atoms with E-state index in [-0.39, 0.29) is 24.0 Å². The maximum atomic E-state index is 12.1. The van der Waals surface area contributed by atoms with Crippen LogP contribution in [0.4, 0.5) is 5.82 Å². The van der Waals surface area contributed by atoms with Crippen LogP contribution in [0.3, 0.4) is 0 Å². The summed E-state index contributed by atoms with van der Waals surface area (Å²) in [6, 6.07) is 3.62. The summed E-state index contributed by atoms with van der Waals surface area (Å²) in [6.07, 6.45) is 0.517. The fourth-order valence-electron chi connectivity index (χ4n) is 2.63. The largest absolute Gasteiger partial charge is 0.481 e. The van der Waals surface area contributed by atoms with E-state index in [0.29, 0.717) is 35.7 Å². The molecule has 0 spiro atoms. The third-order valence-electron chi connectivity index (χ3n) is 3.85. The number of sulfone groups is 1. The molecule has 0 amide bonds. The van der Waals surface area contributed by atoms with Crippen LogP contribution in [0.15, 0.2) is 16.7 Å². The summed E-state index contributed by atoms with van der Waals surface area (Å²) in [5.41, 5.74) is 0.596. The van der Waals surface area contributed by atoms with Gasteiger partial charge in [-0.3, -0.25) is 4.79 Å². The monoisotopic (exact) mass is 420 g/mol. The standard InChI is InChI=1S/C15H21BrN2O5S/c1-2-12-9-23-5-4-18(12)14-8-11(7-13(16)17-14)10-24(21,22)6-3-15(19)20/h7-8,12H,2-6,9-10H2,1H3,(H,19,20). The third kappa shape index (κ3) is 5.42. The Kier molecular flexibility index (Phi) is 6.59. The Bertz CT molecular complexity index is 695. The van der Waals surface area contributed by atoms with Gasteiger partial charge in [-0.1, -0.05) is 6.92 Å². The van der Waals surface area contributed by atoms with Crippen LogP contribution >= 0.6 is 15.9 Å². The molecule has 1 unspecified atom stereocenters. The molecule has 0 aliphatic carbocycles. The van der Waals surface area contributed by atoms with Crippen molar-refractivity contribution in [1.29, 1.82) is 0 Å². The number of carboxylic acid groups (broad SMARTS) is 1. The number of ether oxygens (including phenoxy) is 1. The average Bonchev–Trinajstić information content (AvgIpc) is 2.52. The van der Waals surface area contributed by atoms with Crippen molar-refractivity contribution in [1.82, 2.24) is 4.98 Å². The van der Waals surface area contributed by atoms with Crippen LogP contribution in [0.25, 0.3) is 0 Å². The molecule has 0 radical (unpaired) electrons. The average molecular weight is 421 g/mol. The molecular formula is C15H21BrN2O5S. The van der Waals surface area contributed by atoms with Gasteiger partial charge in [0.2, 0.25) is 0 Å². The van der Waals surface area contributed by atoms with Gasteiger partial charge in [-0.2, -0.15) is 0 Å². The van der Waals surface area contributed by atoms with E-state index in [1.165, 1.54) is 0 Å². The van der Waals surface area contributed by atoms with Gasteiger partial charge in [0, 0.05) is 6.54 Å². The zero-order chi connectivity index (χ0) is 17.7. The van der Waals surface area contributed by atoms with Crippen LogP contribution in [0, 0.1) is 0 Å². The molecule has 1 aromatic heterocycles. The van der Waals surface area contributed by atoms with Crippen molar-refractivity contribution >= 4 is 37.6 Å². The van der Waals surface area contributed by atoms with Crippen molar-refractivity contribution in [3.05, 3.63) is 22.3 Å². The lowest BCUT2D eigenvalue weighted by molar-refractivity contribution is -0.136. The fraction of sp³-hybridized carbons (Fsp3) is 0.600. The number of pyridine rings is 1. The lowest BCUT2D eigenvalue weighted by atomic mass is 10.1. The number of carbonyl (C=O) groups is 1. The molecule has 134 valence electrons. The molecule has 2 rings (SSSR count). The van der Waals surface area contributed by atoms with Gasteiger partial charge in [-0.25, -0.2) is 13.4 Å². The van der Waals surface area contributed by atoms with Crippen molar-refractivity contribution in [3.8, 4) is 0 Å². The second-order valence-corrected chi connectivity index (χ2v) is 8.72. The minimum Gasteiger partial charge on any atom is -0.481 e. The summed E-state index contributed by atoms with van der Waals surface area (Å²) in [7, 11) is -3.49. The van der Waals surface area contributed by atoms with Gasteiger partial charge in [0.25, 0.3) is 0 Å². The van der Waals surface area contributed by atoms with E-state index in [9.17, 15) is 13.2 Å². The van der Waals surface area contributed by atoms with Crippen molar-refractivity contribution in [2.75, 3.05) is 30.4 Å². The summed E-state index contributed by atoms with van der Waals surface area (Å²) in [6.45, 7) is 4.00. The number of aromatic nitrogens is 1. The Balaban J connectivity index is 2.20. The highest BCUT2D eigenvalue weighted by Gasteiger charge is 2.24. The number of hydrogen-bond donors (Lipinski definition) is 1. The van der Waals surface area contributed by atoms with E-state index in [4.69, 9.17) is 9.84 Å². The molecule has 1 N–H and O–H groups in total. The molecule has 1 aliphatic rings. The second kappa shape index (κ2) is 8.26. The smallest absolute Gasteiger partial charge is 0.304 e. The maximum absolute atomic E-state index is 12.1. The number of halogens is 1. The molecular weight excluding hydrogens is 400 g/mol. The van der Waals surface area contributed by atoms with Crippen LogP contribution in [-0.2, 0) is 25.1 Å². The predicted octanol–water partition coefficient (Wildman–Crippen LogP) is 1.85. The van der Waals surface area contributed by atoms with Gasteiger partial charge in [-0.15, -0.1) is 0 Å². The number of hydrogen-bond acceptors (Lipinski definition) is 6. The first-order chi connectivity index (χ1) is 11.3. The topological polar surface area (TPSA) is 96.8 Å². The lowest BCUT2D eigenvalue weighted by Gasteiger charge is -2.36. The summed E-state index contributed by atoms with van der Waals surface area (Å²) in [5, 5.41) is 8.66. The quantitative estimate of drug-likeness (QED) is 0.672. The van der Waals surface area contributed by atoms with Crippen LogP contribution in [-0.4, -0.2) is 56.0 Å². The van der Waals surface area contributed by atoms with E-state index >= 15 is 0 Å². The Morgan fingerprint density at radius 2 is 2.25 bits per heavy atom. The Morgan fingerprint density at radius 3 is 2.92 bits per heavy atom. The van der Waals surface area contributed by atoms with Crippen molar-refractivity contribution < 1.29 is 23.1 Å². The number of anilines is 1. The van der Waals surface area contributed by atoms with Gasteiger partial charge in [0.15, 0.2) is 9.84 Å². The van der Waals surface area contributed by atoms with Gasteiger partial charge in [0.1, 0.15) is 10.4 Å². The third-order valence-corrected chi connectivity index (χ3v) is 5.85. The van der Waals surface area contributed by atoms with Crippen molar-refractivity contribution in [3.63, 3.8) is 0 Å². The number of carboxylic acids is 1. The molecule has 7 nitrogen and oxygen atoms in total. The van der Waals surface area contributed by atoms with E-state index in [0.717, 1.165) is 6.42 Å². The normalized spacial score (nSPS) is 18.6. The van der Waals surface area contributed by atoms with Crippen LogP contribution in [0.1, 0.15) is 25.3 Å². The Hall–Kier alpha value is -1.19. The first-order valence-corrected chi connectivity index (χ1v) is 10.3. The molecule has 1 atom stereocenters. The lowest BCUT2D eigenvalue weighted by Crippen LogP contribution is -2.45. The van der Waals surface area contributed by atoms with E-state index in [2.05, 4.69) is 32.7 Å². The molecule has 1 fully saturated rings. The van der Waals surface area contributed by atoms with E-state index < -0.39 is 15.8 Å². The van der Waals surface area contributed by atoms with Gasteiger partial charge >= 0.3 is 5.97 Å². The zero-order valence-electron chi connectivity index (χ0n) is 13.4. The summed E-state index contributed by atoms with van der Waals surface area (Å²) in [5.74, 6) is -0.973. The van der Waals surface area contributed by atoms with E-state index in [1.54, 1.807) is 12.1 Å². The van der Waals surface area contributed by atoms with Crippen molar-refractivity contribution in [2.24, 2.45) is 0 Å². The van der Waals surface area contributed by atoms with Gasteiger partial charge in [-0.05, 0) is 40.0 Å². The molecule has 1 aliphatic heterocycles. The molecule has 24 heavy (non-hydrogen) atoms. The highest BCUT2D eigenvalue weighted by atomic mass is 79.9. The first-order valence-electron chi connectivity index (χ1n) is 7.74. The predicted molar refractivity (Wildman–Crippen MR) is 93.9 cm³/mol. The highest BCUT2D eigenvalue weighted by molar-refractivity contribution is 9.10. The van der Waals surface area contributed by atoms with Crippen LogP contribution in [0.2, 0.25) is 0 Å². The first kappa shape index (κ1) is 19.1. The molecule has 1 saturated heterocycles. The summed E-state index contributed by atoms with van der Waals surface area (Å²) in [4.78, 5) is 17.2. The van der Waals surface area contributed by atoms with Gasteiger partial charge < -0.3 is 14.7 Å². The fourth-order valence-corrected chi connectivity index (χ4v) is 4.41. The number of nitrogens with zero attached hydrogens (tertiary/aromatic N) is 2. The van der Waals surface area contributed by atoms with Gasteiger partial charge in [0.05, 0.1) is 37.2 Å². The molecule has 9 heteroatoms. The minimum atomic E-state index is -3.49. The zero-order valence-corrected chi connectivity index (χ0v) is 15.8. The summed E-state index contributed by atoms with van der Waals surface area (Å²) >= 11 is 3.33. The van der Waals surface area contributed by atoms with E-state index in [1.807, 2.05) is 0 Å². The second-order valence-electron chi connectivity index (χ2n) is 5.72. The number of aliphatic carboxylic acids is 1. The Morgan fingerprint density at radius 1 is 1.50 bits per heavy atom. The molecule has 0 aromatic carbocycles. The van der Waals surface area contributed by atoms with Crippen molar-refractivity contribution in [2.45, 2.75) is 31.6 Å². The highest BCUT2D eigenvalue weighted by Crippen LogP contribution is 2.24. The number of morpholine rings is 1. The minimum absolute atomic E-state index is 0.199. The Labute approximate surface area is 150 Å². The molecule has 0 bridgehead atoms. The molecule has 0 saturated carbocycles. The maximum Gasteiger partial charge on any atom is 0.304 e. The SMILES string of the molecule is CCC1COCCN1c1cc(CS(=O)(=O)CCC(=O)O)cc(Br)n1. The molecule has 1 aromatic rings. The summed E-state index contributed by atoms with van der Waals surface area (Å²) < 4.78 is 30.2. The van der Waals surface area contributed by atoms with Crippen LogP contribution < -0.4 is 4.90 Å². The number of rotatable bonds is 7. The molecule has 2 heterocycles. The van der Waals surface area contributed by atoms with Crippen LogP contribution in [0.5, 0.6) is 0 Å².